The molecule has 1 aliphatic carbocycles. The van der Waals surface area contributed by atoms with Crippen LogP contribution in [0.25, 0.3) is 11.1 Å². The minimum atomic E-state index is -0.835. The molecule has 1 fully saturated rings. The lowest BCUT2D eigenvalue weighted by atomic mass is 9.98. The minimum Gasteiger partial charge on any atom is -0.480 e. The number of rotatable bonds is 8. The zero-order valence-corrected chi connectivity index (χ0v) is 21.9. The fourth-order valence-electron chi connectivity index (χ4n) is 5.49. The molecule has 0 bridgehead atoms. The predicted molar refractivity (Wildman–Crippen MR) is 147 cm³/mol. The van der Waals surface area contributed by atoms with E-state index in [2.05, 4.69) is 29.6 Å². The number of benzene rings is 3. The number of alkyl carbamates (subject to hydrolysis) is 1. The van der Waals surface area contributed by atoms with Gasteiger partial charge < -0.3 is 15.2 Å². The largest absolute Gasteiger partial charge is 0.480 e. The second kappa shape index (κ2) is 10.6. The zero-order chi connectivity index (χ0) is 26.0. The van der Waals surface area contributed by atoms with Crippen molar-refractivity contribution in [2.45, 2.75) is 43.1 Å². The Morgan fingerprint density at radius 3 is 2.22 bits per heavy atom. The average molecular weight is 517 g/mol. The van der Waals surface area contributed by atoms with Crippen LogP contribution >= 0.6 is 11.8 Å². The van der Waals surface area contributed by atoms with E-state index in [-0.39, 0.29) is 23.4 Å². The molecular formula is C30H32N2O4S. The van der Waals surface area contributed by atoms with Gasteiger partial charge in [-0.25, -0.2) is 4.79 Å². The van der Waals surface area contributed by atoms with Gasteiger partial charge in [0.2, 0.25) is 0 Å². The van der Waals surface area contributed by atoms with E-state index >= 15 is 0 Å². The summed E-state index contributed by atoms with van der Waals surface area (Å²) in [6.07, 6.45) is 0.0913. The molecule has 7 heteroatoms. The molecular weight excluding hydrogens is 484 g/mol. The van der Waals surface area contributed by atoms with Crippen molar-refractivity contribution in [1.29, 1.82) is 0 Å². The second-order valence-corrected chi connectivity index (χ2v) is 11.7. The van der Waals surface area contributed by atoms with E-state index in [0.717, 1.165) is 16.7 Å². The maximum atomic E-state index is 13.1. The van der Waals surface area contributed by atoms with Crippen molar-refractivity contribution in [3.63, 3.8) is 0 Å². The molecule has 192 valence electrons. The van der Waals surface area contributed by atoms with E-state index in [0.29, 0.717) is 18.7 Å². The maximum Gasteiger partial charge on any atom is 0.407 e. The van der Waals surface area contributed by atoms with Gasteiger partial charge in [0.05, 0.1) is 4.87 Å². The van der Waals surface area contributed by atoms with Crippen LogP contribution < -0.4 is 5.32 Å². The number of ether oxygens (including phenoxy) is 1. The zero-order valence-electron chi connectivity index (χ0n) is 21.1. The highest BCUT2D eigenvalue weighted by Crippen LogP contribution is 2.44. The van der Waals surface area contributed by atoms with Crippen LogP contribution in [0.3, 0.4) is 0 Å². The Bertz CT molecular complexity index is 1230. The fraction of sp³-hybridized carbons (Fsp3) is 0.333. The molecule has 1 heterocycles. The van der Waals surface area contributed by atoms with Gasteiger partial charge in [-0.2, -0.15) is 0 Å². The topological polar surface area (TPSA) is 78.9 Å². The number of hydrogen-bond donors (Lipinski definition) is 2. The first kappa shape index (κ1) is 25.4. The maximum absolute atomic E-state index is 13.1. The van der Waals surface area contributed by atoms with E-state index in [1.165, 1.54) is 11.1 Å². The summed E-state index contributed by atoms with van der Waals surface area (Å²) in [6, 6.07) is 25.5. The third kappa shape index (κ3) is 5.38. The first-order chi connectivity index (χ1) is 17.8. The number of nitrogens with zero attached hydrogens (tertiary/aromatic N) is 1. The Hall–Kier alpha value is -3.29. The number of carbonyl (C=O) groups is 2. The Labute approximate surface area is 222 Å². The summed E-state index contributed by atoms with van der Waals surface area (Å²) >= 11 is 1.63. The van der Waals surface area contributed by atoms with E-state index in [1.807, 2.05) is 73.3 Å². The van der Waals surface area contributed by atoms with E-state index in [1.54, 1.807) is 11.8 Å². The molecule has 0 spiro atoms. The van der Waals surface area contributed by atoms with Gasteiger partial charge in [0, 0.05) is 24.3 Å². The van der Waals surface area contributed by atoms with Gasteiger partial charge >= 0.3 is 12.1 Å². The number of hydrogen-bond acceptors (Lipinski definition) is 5. The van der Waals surface area contributed by atoms with Crippen molar-refractivity contribution in [3.05, 3.63) is 95.6 Å². The van der Waals surface area contributed by atoms with Crippen LogP contribution in [0.15, 0.2) is 78.9 Å². The second-order valence-electron chi connectivity index (χ2n) is 10.1. The summed E-state index contributed by atoms with van der Waals surface area (Å²) in [5, 5.41) is 12.9. The normalized spacial score (nSPS) is 19.1. The van der Waals surface area contributed by atoms with Crippen molar-refractivity contribution in [2.75, 3.05) is 18.9 Å². The highest BCUT2D eigenvalue weighted by Gasteiger charge is 2.44. The smallest absolute Gasteiger partial charge is 0.407 e. The summed E-state index contributed by atoms with van der Waals surface area (Å²) in [6.45, 7) is 4.72. The van der Waals surface area contributed by atoms with Crippen LogP contribution in [0.1, 0.15) is 36.5 Å². The van der Waals surface area contributed by atoms with E-state index < -0.39 is 18.1 Å². The van der Waals surface area contributed by atoms with Crippen LogP contribution in [-0.4, -0.2) is 57.9 Å². The van der Waals surface area contributed by atoms with Gasteiger partial charge in [0.25, 0.3) is 0 Å². The van der Waals surface area contributed by atoms with Crippen molar-refractivity contribution in [1.82, 2.24) is 10.2 Å². The predicted octanol–water partition coefficient (Wildman–Crippen LogP) is 5.37. The van der Waals surface area contributed by atoms with Crippen molar-refractivity contribution >= 4 is 23.8 Å². The van der Waals surface area contributed by atoms with Crippen LogP contribution in [0, 0.1) is 0 Å². The molecule has 2 atom stereocenters. The molecule has 0 saturated carbocycles. The molecule has 0 aromatic heterocycles. The van der Waals surface area contributed by atoms with Crippen LogP contribution in [0.5, 0.6) is 0 Å². The third-order valence-corrected chi connectivity index (χ3v) is 8.78. The summed E-state index contributed by atoms with van der Waals surface area (Å²) < 4.78 is 5.81. The molecule has 2 N–H and O–H groups in total. The van der Waals surface area contributed by atoms with E-state index in [4.69, 9.17) is 4.74 Å². The van der Waals surface area contributed by atoms with Gasteiger partial charge in [-0.3, -0.25) is 9.69 Å². The summed E-state index contributed by atoms with van der Waals surface area (Å²) in [7, 11) is 0. The van der Waals surface area contributed by atoms with Crippen LogP contribution in [0.2, 0.25) is 0 Å². The number of aliphatic carboxylic acids is 1. The Morgan fingerprint density at radius 1 is 1.00 bits per heavy atom. The molecule has 1 aliphatic heterocycles. The molecule has 0 unspecified atom stereocenters. The Morgan fingerprint density at radius 2 is 1.59 bits per heavy atom. The van der Waals surface area contributed by atoms with Crippen LogP contribution in [0.4, 0.5) is 4.79 Å². The molecule has 1 amide bonds. The van der Waals surface area contributed by atoms with E-state index in [9.17, 15) is 14.7 Å². The lowest BCUT2D eigenvalue weighted by Gasteiger charge is -2.36. The van der Waals surface area contributed by atoms with Crippen molar-refractivity contribution in [2.24, 2.45) is 0 Å². The van der Waals surface area contributed by atoms with Gasteiger partial charge in [0.1, 0.15) is 12.6 Å². The summed E-state index contributed by atoms with van der Waals surface area (Å²) in [5.74, 6) is -0.334. The highest BCUT2D eigenvalue weighted by molar-refractivity contribution is 8.00. The van der Waals surface area contributed by atoms with Gasteiger partial charge in [-0.1, -0.05) is 78.9 Å². The van der Waals surface area contributed by atoms with Crippen molar-refractivity contribution in [3.8, 4) is 11.1 Å². The lowest BCUT2D eigenvalue weighted by molar-refractivity contribution is -0.143. The number of fused-ring (bicyclic) bond motifs is 3. The summed E-state index contributed by atoms with van der Waals surface area (Å²) in [5.41, 5.74) is 5.77. The molecule has 0 radical (unpaired) electrons. The number of carboxylic acid groups (broad SMARTS) is 1. The highest BCUT2D eigenvalue weighted by atomic mass is 32.2. The first-order valence-corrected chi connectivity index (χ1v) is 13.6. The van der Waals surface area contributed by atoms with Gasteiger partial charge in [0.15, 0.2) is 0 Å². The lowest BCUT2D eigenvalue weighted by Crippen LogP contribution is -2.53. The molecule has 5 rings (SSSR count). The minimum absolute atomic E-state index is 0.0176. The first-order valence-electron chi connectivity index (χ1n) is 12.6. The molecule has 37 heavy (non-hydrogen) atoms. The fourth-order valence-corrected chi connectivity index (χ4v) is 6.74. The SMILES string of the molecule is CC1(C)SC[C@@H](C(=O)O)N1C[C@H](Cc1ccccc1)NC(=O)OCC1c2ccccc2-c2ccccc21. The number of amides is 1. The molecule has 3 aromatic rings. The monoisotopic (exact) mass is 516 g/mol. The standard InChI is InChI=1S/C30H32N2O4S/c1-30(2)32(27(19-37-30)28(33)34)17-21(16-20-10-4-3-5-11-20)31-29(35)36-18-26-24-14-8-6-12-22(24)23-13-7-9-15-25(23)26/h3-15,21,26-27H,16-19H2,1-2H3,(H,31,35)(H,33,34)/t21-,27-/m0/s1. The average Bonchev–Trinajstić information content (AvgIpc) is 3.37. The van der Waals surface area contributed by atoms with Gasteiger partial charge in [-0.05, 0) is 48.1 Å². The molecule has 2 aliphatic rings. The quantitative estimate of drug-likeness (QED) is 0.419. The summed E-state index contributed by atoms with van der Waals surface area (Å²) in [4.78, 5) is 26.7. The van der Waals surface area contributed by atoms with Crippen LogP contribution in [-0.2, 0) is 16.0 Å². The number of nitrogens with one attached hydrogen (secondary N) is 1. The molecule has 6 nitrogen and oxygen atoms in total. The number of carboxylic acids is 1. The third-order valence-electron chi connectivity index (χ3n) is 7.36. The van der Waals surface area contributed by atoms with Crippen molar-refractivity contribution < 1.29 is 19.4 Å². The molecule has 1 saturated heterocycles. The molecule has 3 aromatic carbocycles. The number of thioether (sulfide) groups is 1. The van der Waals surface area contributed by atoms with Gasteiger partial charge in [-0.15, -0.1) is 11.8 Å². The number of carbonyl (C=O) groups excluding carboxylic acids is 1. The Balaban J connectivity index is 1.31. The Kier molecular flexibility index (Phi) is 7.26.